The van der Waals surface area contributed by atoms with E-state index in [-0.39, 0.29) is 30.2 Å². The number of furan rings is 1. The van der Waals surface area contributed by atoms with Crippen LogP contribution < -0.4 is 5.32 Å². The van der Waals surface area contributed by atoms with E-state index in [4.69, 9.17) is 4.42 Å². The highest BCUT2D eigenvalue weighted by Crippen LogP contribution is 2.13. The van der Waals surface area contributed by atoms with Gasteiger partial charge in [-0.2, -0.15) is 0 Å². The van der Waals surface area contributed by atoms with Crippen LogP contribution in [0.3, 0.4) is 0 Å². The number of nitrogens with one attached hydrogen (secondary N) is 1. The number of rotatable bonds is 8. The third-order valence-corrected chi connectivity index (χ3v) is 4.02. The summed E-state index contributed by atoms with van der Waals surface area (Å²) in [6.07, 6.45) is 1.85. The van der Waals surface area contributed by atoms with E-state index in [1.165, 1.54) is 0 Å². The van der Waals surface area contributed by atoms with Crippen molar-refractivity contribution in [3.8, 4) is 0 Å². The Balaban J connectivity index is 1.90. The molecule has 0 radical (unpaired) electrons. The van der Waals surface area contributed by atoms with E-state index < -0.39 is 0 Å². The number of nitrogens with zero attached hydrogens (tertiary/aromatic N) is 1. The molecule has 0 saturated carbocycles. The summed E-state index contributed by atoms with van der Waals surface area (Å²) in [4.78, 5) is 26.3. The minimum Gasteiger partial charge on any atom is -0.467 e. The van der Waals surface area contributed by atoms with Crippen molar-refractivity contribution in [2.75, 3.05) is 6.54 Å². The lowest BCUT2D eigenvalue weighted by molar-refractivity contribution is -0.136. The van der Waals surface area contributed by atoms with Gasteiger partial charge in [0.15, 0.2) is 0 Å². The van der Waals surface area contributed by atoms with Crippen LogP contribution >= 0.6 is 0 Å². The van der Waals surface area contributed by atoms with Gasteiger partial charge in [0.25, 0.3) is 0 Å². The van der Waals surface area contributed by atoms with Crippen molar-refractivity contribution >= 4 is 11.8 Å². The molecule has 0 aliphatic carbocycles. The number of hydrogen-bond donors (Lipinski definition) is 1. The lowest BCUT2D eigenvalue weighted by Crippen LogP contribution is -2.37. The predicted molar refractivity (Wildman–Crippen MR) is 96.6 cm³/mol. The second-order valence-electron chi connectivity index (χ2n) is 6.44. The van der Waals surface area contributed by atoms with E-state index in [1.807, 2.05) is 57.2 Å². The van der Waals surface area contributed by atoms with Crippen molar-refractivity contribution in [1.29, 1.82) is 0 Å². The zero-order chi connectivity index (χ0) is 18.2. The summed E-state index contributed by atoms with van der Waals surface area (Å²) in [5, 5.41) is 2.98. The van der Waals surface area contributed by atoms with Crippen LogP contribution in [0.2, 0.25) is 0 Å². The van der Waals surface area contributed by atoms with Gasteiger partial charge in [-0.1, -0.05) is 44.2 Å². The Hall–Kier alpha value is -2.56. The molecule has 0 saturated heterocycles. The van der Waals surface area contributed by atoms with Gasteiger partial charge in [-0.05, 0) is 24.6 Å². The normalized spacial score (nSPS) is 12.0. The molecule has 1 unspecified atom stereocenters. The maximum Gasteiger partial charge on any atom is 0.225 e. The highest BCUT2D eigenvalue weighted by molar-refractivity contribution is 5.80. The molecular formula is C20H26N2O3. The lowest BCUT2D eigenvalue weighted by atomic mass is 10.1. The number of carbonyl (C=O) groups is 2. The van der Waals surface area contributed by atoms with E-state index in [2.05, 4.69) is 5.32 Å². The molecule has 0 bridgehead atoms. The molecule has 1 N–H and O–H groups in total. The molecule has 5 nitrogen and oxygen atoms in total. The number of benzene rings is 1. The first-order valence-corrected chi connectivity index (χ1v) is 8.63. The summed E-state index contributed by atoms with van der Waals surface area (Å²) in [6.45, 7) is 6.41. The molecule has 0 aliphatic heterocycles. The third kappa shape index (κ3) is 5.78. The van der Waals surface area contributed by atoms with E-state index in [0.717, 1.165) is 5.56 Å². The summed E-state index contributed by atoms with van der Waals surface area (Å²) in [6, 6.07) is 13.4. The van der Waals surface area contributed by atoms with Crippen LogP contribution in [-0.4, -0.2) is 23.3 Å². The Morgan fingerprint density at radius 1 is 1.08 bits per heavy atom. The second kappa shape index (κ2) is 9.06. The van der Waals surface area contributed by atoms with Crippen molar-refractivity contribution in [2.45, 2.75) is 39.8 Å². The van der Waals surface area contributed by atoms with Crippen molar-refractivity contribution < 1.29 is 14.0 Å². The molecule has 2 amide bonds. The first-order valence-electron chi connectivity index (χ1n) is 8.63. The Morgan fingerprint density at radius 2 is 1.80 bits per heavy atom. The van der Waals surface area contributed by atoms with Crippen LogP contribution in [0.5, 0.6) is 0 Å². The van der Waals surface area contributed by atoms with Crippen molar-refractivity contribution in [2.24, 2.45) is 5.92 Å². The monoisotopic (exact) mass is 342 g/mol. The van der Waals surface area contributed by atoms with Gasteiger partial charge < -0.3 is 14.6 Å². The number of hydrogen-bond acceptors (Lipinski definition) is 3. The summed E-state index contributed by atoms with van der Waals surface area (Å²) in [7, 11) is 0. The molecule has 1 atom stereocenters. The molecule has 5 heteroatoms. The quantitative estimate of drug-likeness (QED) is 0.798. The molecule has 25 heavy (non-hydrogen) atoms. The summed E-state index contributed by atoms with van der Waals surface area (Å²) < 4.78 is 5.33. The van der Waals surface area contributed by atoms with Crippen LogP contribution in [-0.2, 0) is 16.1 Å². The molecule has 2 aromatic rings. The molecule has 0 aliphatic rings. The molecular weight excluding hydrogens is 316 g/mol. The van der Waals surface area contributed by atoms with E-state index in [1.54, 1.807) is 17.2 Å². The van der Waals surface area contributed by atoms with Gasteiger partial charge in [-0.25, -0.2) is 0 Å². The van der Waals surface area contributed by atoms with Crippen molar-refractivity contribution in [3.05, 3.63) is 60.1 Å². The van der Waals surface area contributed by atoms with Gasteiger partial charge in [0, 0.05) is 18.9 Å². The van der Waals surface area contributed by atoms with E-state index in [0.29, 0.717) is 18.8 Å². The first-order chi connectivity index (χ1) is 12.0. The molecule has 1 heterocycles. The standard InChI is InChI=1S/C20H26N2O3/c1-15(2)20(24)22(14-18-10-7-13-25-18)12-11-19(23)21-16(3)17-8-5-4-6-9-17/h4-10,13,15-16H,11-12,14H2,1-3H3,(H,21,23). The van der Waals surface area contributed by atoms with Crippen molar-refractivity contribution in [1.82, 2.24) is 10.2 Å². The lowest BCUT2D eigenvalue weighted by Gasteiger charge is -2.24. The fraction of sp³-hybridized carbons (Fsp3) is 0.400. The molecule has 0 fully saturated rings. The Labute approximate surface area is 149 Å². The van der Waals surface area contributed by atoms with Gasteiger partial charge in [-0.3, -0.25) is 9.59 Å². The zero-order valence-corrected chi connectivity index (χ0v) is 15.1. The molecule has 2 rings (SSSR count). The highest BCUT2D eigenvalue weighted by atomic mass is 16.3. The summed E-state index contributed by atoms with van der Waals surface area (Å²) >= 11 is 0. The number of carbonyl (C=O) groups excluding carboxylic acids is 2. The SMILES string of the molecule is CC(C)C(=O)N(CCC(=O)NC(C)c1ccccc1)Cc1ccco1. The maximum atomic E-state index is 12.4. The van der Waals surface area contributed by atoms with Gasteiger partial charge in [0.2, 0.25) is 11.8 Å². The Bertz CT molecular complexity index is 666. The summed E-state index contributed by atoms with van der Waals surface area (Å²) in [5.41, 5.74) is 1.06. The fourth-order valence-electron chi connectivity index (χ4n) is 2.60. The second-order valence-corrected chi connectivity index (χ2v) is 6.44. The van der Waals surface area contributed by atoms with Gasteiger partial charge in [0.1, 0.15) is 5.76 Å². The fourth-order valence-corrected chi connectivity index (χ4v) is 2.60. The predicted octanol–water partition coefficient (Wildman–Crippen LogP) is 3.53. The maximum absolute atomic E-state index is 12.4. The van der Waals surface area contributed by atoms with Crippen molar-refractivity contribution in [3.63, 3.8) is 0 Å². The largest absolute Gasteiger partial charge is 0.467 e. The summed E-state index contributed by atoms with van der Waals surface area (Å²) in [5.74, 6) is 0.533. The van der Waals surface area contributed by atoms with Crippen LogP contribution in [0.1, 0.15) is 44.6 Å². The van der Waals surface area contributed by atoms with E-state index in [9.17, 15) is 9.59 Å². The molecule has 1 aromatic heterocycles. The third-order valence-electron chi connectivity index (χ3n) is 4.02. The highest BCUT2D eigenvalue weighted by Gasteiger charge is 2.20. The van der Waals surface area contributed by atoms with E-state index >= 15 is 0 Å². The van der Waals surface area contributed by atoms with Crippen LogP contribution in [0.25, 0.3) is 0 Å². The van der Waals surface area contributed by atoms with Gasteiger partial charge in [-0.15, -0.1) is 0 Å². The minimum absolute atomic E-state index is 0.0142. The minimum atomic E-state index is -0.124. The Kier molecular flexibility index (Phi) is 6.81. The smallest absolute Gasteiger partial charge is 0.225 e. The van der Waals surface area contributed by atoms with Crippen LogP contribution in [0.4, 0.5) is 0 Å². The molecule has 0 spiro atoms. The van der Waals surface area contributed by atoms with Gasteiger partial charge in [0.05, 0.1) is 18.8 Å². The average molecular weight is 342 g/mol. The Morgan fingerprint density at radius 3 is 2.40 bits per heavy atom. The zero-order valence-electron chi connectivity index (χ0n) is 15.1. The topological polar surface area (TPSA) is 62.6 Å². The average Bonchev–Trinajstić information content (AvgIpc) is 3.11. The van der Waals surface area contributed by atoms with Crippen LogP contribution in [0, 0.1) is 5.92 Å². The van der Waals surface area contributed by atoms with Crippen LogP contribution in [0.15, 0.2) is 53.1 Å². The molecule has 1 aromatic carbocycles. The van der Waals surface area contributed by atoms with Gasteiger partial charge >= 0.3 is 0 Å². The number of amides is 2. The first kappa shape index (κ1) is 18.8. The molecule has 134 valence electrons.